The van der Waals surface area contributed by atoms with E-state index >= 15 is 0 Å². The van der Waals surface area contributed by atoms with Gasteiger partial charge < -0.3 is 10.2 Å². The van der Waals surface area contributed by atoms with Crippen LogP contribution in [0.1, 0.15) is 30.1 Å². The van der Waals surface area contributed by atoms with Crippen LogP contribution in [-0.4, -0.2) is 60.0 Å². The molecular weight excluding hydrogens is 264 g/mol. The maximum atomic E-state index is 12.5. The fourth-order valence-electron chi connectivity index (χ4n) is 2.79. The summed E-state index contributed by atoms with van der Waals surface area (Å²) in [6, 6.07) is 3.74. The van der Waals surface area contributed by atoms with E-state index in [1.54, 1.807) is 6.20 Å². The quantitative estimate of drug-likeness (QED) is 0.895. The first-order chi connectivity index (χ1) is 10.3. The Morgan fingerprint density at radius 2 is 2.05 bits per heavy atom. The molecule has 1 aliphatic heterocycles. The fraction of sp³-hybridized carbons (Fsp3) is 0.625. The molecule has 1 N–H and O–H groups in total. The van der Waals surface area contributed by atoms with Crippen LogP contribution >= 0.6 is 0 Å². The largest absolute Gasteiger partial charge is 0.370 e. The van der Waals surface area contributed by atoms with E-state index < -0.39 is 0 Å². The molecule has 114 valence electrons. The molecule has 0 aromatic carbocycles. The number of hydrogen-bond acceptors (Lipinski definition) is 4. The Hall–Kier alpha value is -1.62. The third-order valence-corrected chi connectivity index (χ3v) is 4.24. The van der Waals surface area contributed by atoms with Crippen molar-refractivity contribution >= 4 is 11.7 Å². The maximum Gasteiger partial charge on any atom is 0.255 e. The van der Waals surface area contributed by atoms with E-state index in [2.05, 4.69) is 15.2 Å². The number of rotatable bonds is 5. The van der Waals surface area contributed by atoms with Crippen LogP contribution in [0.15, 0.2) is 18.3 Å². The number of carbonyl (C=O) groups is 1. The Morgan fingerprint density at radius 3 is 2.62 bits per heavy atom. The predicted octanol–water partition coefficient (Wildman–Crippen LogP) is 1.68. The van der Waals surface area contributed by atoms with Crippen molar-refractivity contribution in [1.29, 1.82) is 0 Å². The SMILES string of the molecule is CCNc1ccc(C(=O)N2CCN(CC3CC3)CC2)cn1. The van der Waals surface area contributed by atoms with Crippen LogP contribution in [0.4, 0.5) is 5.82 Å². The number of nitrogens with one attached hydrogen (secondary N) is 1. The number of amides is 1. The Bertz CT molecular complexity index is 476. The van der Waals surface area contributed by atoms with Crippen molar-refractivity contribution < 1.29 is 4.79 Å². The molecule has 1 aromatic rings. The molecule has 0 radical (unpaired) electrons. The number of carbonyl (C=O) groups excluding carboxylic acids is 1. The number of nitrogens with zero attached hydrogens (tertiary/aromatic N) is 3. The number of hydrogen-bond donors (Lipinski definition) is 1. The van der Waals surface area contributed by atoms with E-state index in [0.29, 0.717) is 5.56 Å². The minimum absolute atomic E-state index is 0.108. The molecule has 1 aliphatic carbocycles. The van der Waals surface area contributed by atoms with E-state index in [4.69, 9.17) is 0 Å². The first-order valence-corrected chi connectivity index (χ1v) is 7.98. The number of aromatic nitrogens is 1. The van der Waals surface area contributed by atoms with Crippen molar-refractivity contribution in [3.05, 3.63) is 23.9 Å². The van der Waals surface area contributed by atoms with Gasteiger partial charge in [0.05, 0.1) is 5.56 Å². The molecule has 3 rings (SSSR count). The van der Waals surface area contributed by atoms with Crippen molar-refractivity contribution in [2.75, 3.05) is 44.6 Å². The minimum Gasteiger partial charge on any atom is -0.370 e. The number of piperazine rings is 1. The second-order valence-corrected chi connectivity index (χ2v) is 6.00. The van der Waals surface area contributed by atoms with Gasteiger partial charge in [-0.15, -0.1) is 0 Å². The second-order valence-electron chi connectivity index (χ2n) is 6.00. The highest BCUT2D eigenvalue weighted by Crippen LogP contribution is 2.29. The summed E-state index contributed by atoms with van der Waals surface area (Å²) in [5, 5.41) is 3.14. The normalized spacial score (nSPS) is 19.6. The highest BCUT2D eigenvalue weighted by atomic mass is 16.2. The summed E-state index contributed by atoms with van der Waals surface area (Å²) in [6.45, 7) is 7.77. The molecule has 0 spiro atoms. The van der Waals surface area contributed by atoms with Crippen molar-refractivity contribution in [3.63, 3.8) is 0 Å². The summed E-state index contributed by atoms with van der Waals surface area (Å²) < 4.78 is 0. The van der Waals surface area contributed by atoms with E-state index in [0.717, 1.165) is 44.5 Å². The summed E-state index contributed by atoms with van der Waals surface area (Å²) in [4.78, 5) is 21.2. The standard InChI is InChI=1S/C16H24N4O/c1-2-17-15-6-5-14(11-18-15)16(21)20-9-7-19(8-10-20)12-13-3-4-13/h5-6,11,13H,2-4,7-10,12H2,1H3,(H,17,18). The van der Waals surface area contributed by atoms with Gasteiger partial charge in [0.25, 0.3) is 5.91 Å². The van der Waals surface area contributed by atoms with Gasteiger partial charge in [-0.1, -0.05) is 0 Å². The molecular formula is C16H24N4O. The molecule has 0 bridgehead atoms. The van der Waals surface area contributed by atoms with Crippen LogP contribution in [0, 0.1) is 5.92 Å². The lowest BCUT2D eigenvalue weighted by Gasteiger charge is -2.34. The zero-order chi connectivity index (χ0) is 14.7. The van der Waals surface area contributed by atoms with Gasteiger partial charge >= 0.3 is 0 Å². The topological polar surface area (TPSA) is 48.5 Å². The Balaban J connectivity index is 1.52. The molecule has 0 unspecified atom stereocenters. The second kappa shape index (κ2) is 6.43. The van der Waals surface area contributed by atoms with Crippen LogP contribution in [0.3, 0.4) is 0 Å². The summed E-state index contributed by atoms with van der Waals surface area (Å²) >= 11 is 0. The van der Waals surface area contributed by atoms with Crippen LogP contribution in [0.5, 0.6) is 0 Å². The molecule has 1 saturated carbocycles. The fourth-order valence-corrected chi connectivity index (χ4v) is 2.79. The average Bonchev–Trinajstić information content (AvgIpc) is 3.32. The van der Waals surface area contributed by atoms with Crippen LogP contribution in [0.2, 0.25) is 0 Å². The van der Waals surface area contributed by atoms with E-state index in [9.17, 15) is 4.79 Å². The van der Waals surface area contributed by atoms with Gasteiger partial charge in [0.1, 0.15) is 5.82 Å². The number of anilines is 1. The van der Waals surface area contributed by atoms with Crippen LogP contribution in [-0.2, 0) is 0 Å². The number of pyridine rings is 1. The van der Waals surface area contributed by atoms with Crippen LogP contribution < -0.4 is 5.32 Å². The molecule has 0 atom stereocenters. The van der Waals surface area contributed by atoms with Gasteiger partial charge in [-0.05, 0) is 37.8 Å². The molecule has 5 nitrogen and oxygen atoms in total. The smallest absolute Gasteiger partial charge is 0.255 e. The highest BCUT2D eigenvalue weighted by molar-refractivity contribution is 5.94. The Labute approximate surface area is 126 Å². The predicted molar refractivity (Wildman–Crippen MR) is 83.5 cm³/mol. The van der Waals surface area contributed by atoms with E-state index in [-0.39, 0.29) is 5.91 Å². The molecule has 5 heteroatoms. The average molecular weight is 288 g/mol. The Morgan fingerprint density at radius 1 is 1.29 bits per heavy atom. The van der Waals surface area contributed by atoms with Crippen molar-refractivity contribution in [3.8, 4) is 0 Å². The van der Waals surface area contributed by atoms with Crippen molar-refractivity contribution in [2.24, 2.45) is 5.92 Å². The summed E-state index contributed by atoms with van der Waals surface area (Å²) in [7, 11) is 0. The molecule has 1 aromatic heterocycles. The van der Waals surface area contributed by atoms with Gasteiger partial charge in [0, 0.05) is 45.5 Å². The van der Waals surface area contributed by atoms with Gasteiger partial charge in [0.15, 0.2) is 0 Å². The lowest BCUT2D eigenvalue weighted by Crippen LogP contribution is -2.49. The van der Waals surface area contributed by atoms with Gasteiger partial charge in [-0.25, -0.2) is 4.98 Å². The van der Waals surface area contributed by atoms with Gasteiger partial charge in [-0.3, -0.25) is 9.69 Å². The minimum atomic E-state index is 0.108. The summed E-state index contributed by atoms with van der Waals surface area (Å²) in [6.07, 6.45) is 4.46. The first kappa shape index (κ1) is 14.3. The lowest BCUT2D eigenvalue weighted by molar-refractivity contribution is 0.0631. The van der Waals surface area contributed by atoms with Crippen molar-refractivity contribution in [2.45, 2.75) is 19.8 Å². The van der Waals surface area contributed by atoms with Gasteiger partial charge in [0.2, 0.25) is 0 Å². The van der Waals surface area contributed by atoms with Crippen LogP contribution in [0.25, 0.3) is 0 Å². The Kier molecular flexibility index (Phi) is 4.39. The molecule has 1 saturated heterocycles. The highest BCUT2D eigenvalue weighted by Gasteiger charge is 2.27. The monoisotopic (exact) mass is 288 g/mol. The van der Waals surface area contributed by atoms with Crippen molar-refractivity contribution in [1.82, 2.24) is 14.8 Å². The van der Waals surface area contributed by atoms with E-state index in [1.165, 1.54) is 19.4 Å². The van der Waals surface area contributed by atoms with E-state index in [1.807, 2.05) is 24.0 Å². The molecule has 2 fully saturated rings. The molecule has 1 amide bonds. The third-order valence-electron chi connectivity index (χ3n) is 4.24. The molecule has 2 heterocycles. The zero-order valence-electron chi connectivity index (χ0n) is 12.7. The molecule has 2 aliphatic rings. The molecule has 21 heavy (non-hydrogen) atoms. The summed E-state index contributed by atoms with van der Waals surface area (Å²) in [5.74, 6) is 1.86. The first-order valence-electron chi connectivity index (χ1n) is 7.98. The maximum absolute atomic E-state index is 12.5. The zero-order valence-corrected chi connectivity index (χ0v) is 12.7. The van der Waals surface area contributed by atoms with Gasteiger partial charge in [-0.2, -0.15) is 0 Å². The third kappa shape index (κ3) is 3.73. The summed E-state index contributed by atoms with van der Waals surface area (Å²) in [5.41, 5.74) is 0.687. The lowest BCUT2D eigenvalue weighted by atomic mass is 10.2.